The van der Waals surface area contributed by atoms with Gasteiger partial charge in [-0.15, -0.1) is 11.3 Å². The first-order chi connectivity index (χ1) is 15.2. The fourth-order valence-electron chi connectivity index (χ4n) is 3.97. The van der Waals surface area contributed by atoms with Crippen molar-refractivity contribution in [3.8, 4) is 22.7 Å². The Morgan fingerprint density at radius 1 is 1.26 bits per heavy atom. The summed E-state index contributed by atoms with van der Waals surface area (Å²) in [5, 5.41) is 5.97. The third-order valence-corrected chi connectivity index (χ3v) is 6.34. The fourth-order valence-corrected chi connectivity index (χ4v) is 4.66. The van der Waals surface area contributed by atoms with E-state index in [4.69, 9.17) is 9.51 Å². The lowest BCUT2D eigenvalue weighted by Crippen LogP contribution is -2.39. The molecule has 156 valence electrons. The van der Waals surface area contributed by atoms with Crippen LogP contribution in [0.15, 0.2) is 58.8 Å². The van der Waals surface area contributed by atoms with E-state index in [0.29, 0.717) is 18.1 Å². The topological polar surface area (TPSA) is 85.0 Å². The van der Waals surface area contributed by atoms with Crippen molar-refractivity contribution in [1.82, 2.24) is 25.0 Å². The van der Waals surface area contributed by atoms with Crippen LogP contribution in [0.2, 0.25) is 0 Å². The van der Waals surface area contributed by atoms with Crippen LogP contribution in [0.4, 0.5) is 0 Å². The van der Waals surface area contributed by atoms with Crippen LogP contribution in [0.25, 0.3) is 22.7 Å². The zero-order valence-corrected chi connectivity index (χ0v) is 17.9. The summed E-state index contributed by atoms with van der Waals surface area (Å²) >= 11 is 1.48. The van der Waals surface area contributed by atoms with Crippen LogP contribution < -0.4 is 0 Å². The second kappa shape index (κ2) is 8.39. The third kappa shape index (κ3) is 3.98. The number of carbonyl (C=O) groups excluding carboxylic acids is 1. The maximum atomic E-state index is 13.0. The van der Waals surface area contributed by atoms with Gasteiger partial charge in [0.05, 0.1) is 21.8 Å². The van der Waals surface area contributed by atoms with Crippen molar-refractivity contribution in [2.24, 2.45) is 0 Å². The molecule has 0 aromatic carbocycles. The molecule has 1 atom stereocenters. The van der Waals surface area contributed by atoms with Gasteiger partial charge in [-0.3, -0.25) is 9.78 Å². The van der Waals surface area contributed by atoms with Gasteiger partial charge in [0, 0.05) is 49.2 Å². The number of hydrogen-bond acceptors (Lipinski definition) is 7. The number of aromatic nitrogens is 4. The van der Waals surface area contributed by atoms with Crippen LogP contribution >= 0.6 is 11.3 Å². The minimum absolute atomic E-state index is 0.0835. The van der Waals surface area contributed by atoms with Crippen molar-refractivity contribution in [3.05, 3.63) is 70.6 Å². The largest absolute Gasteiger partial charge is 0.356 e. The molecular weight excluding hydrogens is 410 g/mol. The smallest absolute Gasteiger partial charge is 0.263 e. The van der Waals surface area contributed by atoms with Gasteiger partial charge in [0.1, 0.15) is 0 Å². The number of carbonyl (C=O) groups is 1. The van der Waals surface area contributed by atoms with Gasteiger partial charge in [-0.05, 0) is 43.3 Å². The minimum Gasteiger partial charge on any atom is -0.356 e. The average molecular weight is 432 g/mol. The number of aryl methyl sites for hydroxylation is 1. The maximum Gasteiger partial charge on any atom is 0.263 e. The molecule has 1 saturated heterocycles. The highest BCUT2D eigenvalue weighted by Crippen LogP contribution is 2.35. The predicted octanol–water partition coefficient (Wildman–Crippen LogP) is 4.58. The summed E-state index contributed by atoms with van der Waals surface area (Å²) in [4.78, 5) is 29.3. The molecule has 0 bridgehead atoms. The van der Waals surface area contributed by atoms with E-state index in [9.17, 15) is 4.79 Å². The molecule has 7 nitrogen and oxygen atoms in total. The van der Waals surface area contributed by atoms with E-state index in [-0.39, 0.29) is 11.8 Å². The van der Waals surface area contributed by atoms with Crippen LogP contribution in [-0.4, -0.2) is 44.0 Å². The number of rotatable bonds is 4. The Balaban J connectivity index is 1.53. The van der Waals surface area contributed by atoms with Gasteiger partial charge >= 0.3 is 0 Å². The zero-order chi connectivity index (χ0) is 21.2. The minimum atomic E-state index is 0.0835. The van der Waals surface area contributed by atoms with Crippen LogP contribution in [0.3, 0.4) is 0 Å². The monoisotopic (exact) mass is 431 g/mol. The SMILES string of the molecule is Cc1cc(-c2cnc(-c3ccncc3)nc2C2CCCN(C(=O)c3cccs3)C2)on1. The number of thiophene rings is 1. The molecule has 8 heteroatoms. The van der Waals surface area contributed by atoms with E-state index in [1.165, 1.54) is 11.3 Å². The molecule has 0 spiro atoms. The number of amides is 1. The molecule has 1 fully saturated rings. The van der Waals surface area contributed by atoms with Gasteiger partial charge in [0.2, 0.25) is 0 Å². The Labute approximate surface area is 183 Å². The first-order valence-electron chi connectivity index (χ1n) is 10.2. The number of nitrogens with zero attached hydrogens (tertiary/aromatic N) is 5. The Hall–Kier alpha value is -3.39. The van der Waals surface area contributed by atoms with Crippen molar-refractivity contribution in [3.63, 3.8) is 0 Å². The molecule has 31 heavy (non-hydrogen) atoms. The molecule has 5 rings (SSSR count). The highest BCUT2D eigenvalue weighted by Gasteiger charge is 2.30. The normalized spacial score (nSPS) is 16.4. The first kappa shape index (κ1) is 19.6. The fraction of sp³-hybridized carbons (Fsp3) is 0.261. The Morgan fingerprint density at radius 3 is 2.87 bits per heavy atom. The molecule has 0 saturated carbocycles. The molecule has 4 aromatic rings. The summed E-state index contributed by atoms with van der Waals surface area (Å²) in [7, 11) is 0. The number of hydrogen-bond donors (Lipinski definition) is 0. The molecule has 0 N–H and O–H groups in total. The van der Waals surface area contributed by atoms with Gasteiger partial charge in [-0.25, -0.2) is 9.97 Å². The van der Waals surface area contributed by atoms with Crippen molar-refractivity contribution in [2.45, 2.75) is 25.7 Å². The van der Waals surface area contributed by atoms with Crippen LogP contribution in [0.5, 0.6) is 0 Å². The van der Waals surface area contributed by atoms with Crippen molar-refractivity contribution >= 4 is 17.2 Å². The number of likely N-dealkylation sites (tertiary alicyclic amines) is 1. The van der Waals surface area contributed by atoms with Crippen molar-refractivity contribution in [1.29, 1.82) is 0 Å². The average Bonchev–Trinajstić information content (AvgIpc) is 3.51. The Bertz CT molecular complexity index is 1190. The second-order valence-corrected chi connectivity index (χ2v) is 8.58. The van der Waals surface area contributed by atoms with Gasteiger partial charge in [-0.2, -0.15) is 0 Å². The van der Waals surface area contributed by atoms with Crippen molar-refractivity contribution < 1.29 is 9.32 Å². The Morgan fingerprint density at radius 2 is 2.13 bits per heavy atom. The summed E-state index contributed by atoms with van der Waals surface area (Å²) in [6, 6.07) is 9.47. The molecular formula is C23H21N5O2S. The quantitative estimate of drug-likeness (QED) is 0.470. The third-order valence-electron chi connectivity index (χ3n) is 5.48. The van der Waals surface area contributed by atoms with Crippen LogP contribution in [-0.2, 0) is 0 Å². The van der Waals surface area contributed by atoms with E-state index in [1.807, 2.05) is 47.5 Å². The molecule has 1 unspecified atom stereocenters. The van der Waals surface area contributed by atoms with Gasteiger partial charge in [0.15, 0.2) is 11.6 Å². The van der Waals surface area contributed by atoms with E-state index in [2.05, 4.69) is 15.1 Å². The highest BCUT2D eigenvalue weighted by atomic mass is 32.1. The zero-order valence-electron chi connectivity index (χ0n) is 17.1. The molecule has 5 heterocycles. The molecule has 1 aliphatic rings. The molecule has 1 aliphatic heterocycles. The van der Waals surface area contributed by atoms with Gasteiger partial charge < -0.3 is 9.42 Å². The summed E-state index contributed by atoms with van der Waals surface area (Å²) in [6.07, 6.45) is 7.13. The summed E-state index contributed by atoms with van der Waals surface area (Å²) < 4.78 is 5.54. The lowest BCUT2D eigenvalue weighted by atomic mass is 9.91. The number of pyridine rings is 1. The molecule has 1 amide bonds. The molecule has 4 aromatic heterocycles. The summed E-state index contributed by atoms with van der Waals surface area (Å²) in [5.41, 5.74) is 3.42. The maximum absolute atomic E-state index is 13.0. The summed E-state index contributed by atoms with van der Waals surface area (Å²) in [6.45, 7) is 3.26. The van der Waals surface area contributed by atoms with Crippen molar-refractivity contribution in [2.75, 3.05) is 13.1 Å². The second-order valence-electron chi connectivity index (χ2n) is 7.63. The van der Waals surface area contributed by atoms with E-state index in [1.54, 1.807) is 18.6 Å². The van der Waals surface area contributed by atoms with E-state index < -0.39 is 0 Å². The van der Waals surface area contributed by atoms with E-state index in [0.717, 1.165) is 46.8 Å². The Kier molecular flexibility index (Phi) is 5.30. The molecule has 0 radical (unpaired) electrons. The number of piperidine rings is 1. The lowest BCUT2D eigenvalue weighted by molar-refractivity contribution is 0.0711. The van der Waals surface area contributed by atoms with Gasteiger partial charge in [0.25, 0.3) is 5.91 Å². The van der Waals surface area contributed by atoms with E-state index >= 15 is 0 Å². The highest BCUT2D eigenvalue weighted by molar-refractivity contribution is 7.12. The van der Waals surface area contributed by atoms with Crippen LogP contribution in [0.1, 0.15) is 39.8 Å². The van der Waals surface area contributed by atoms with Gasteiger partial charge in [-0.1, -0.05) is 11.2 Å². The standard InChI is InChI=1S/C23H21N5O2S/c1-15-12-19(30-27-15)18-13-25-22(16-6-8-24-9-7-16)26-21(18)17-4-2-10-28(14-17)23(29)20-5-3-11-31-20/h3,5-9,11-13,17H,2,4,10,14H2,1H3. The summed E-state index contributed by atoms with van der Waals surface area (Å²) in [5.74, 6) is 1.46. The van der Waals surface area contributed by atoms with Crippen LogP contribution in [0, 0.1) is 6.92 Å². The molecule has 0 aliphatic carbocycles. The first-order valence-corrected chi connectivity index (χ1v) is 11.1. The predicted molar refractivity (Wildman–Crippen MR) is 118 cm³/mol. The lowest BCUT2D eigenvalue weighted by Gasteiger charge is -2.33.